The van der Waals surface area contributed by atoms with Crippen molar-refractivity contribution in [3.05, 3.63) is 41.2 Å². The standard InChI is InChI=1S/C14H18N4O/c1-4-10-5-7-11(8-6-10)18(3)14(19)13-12(15)9(2)16-17-13/h5-8H,4,15H2,1-3H3,(H,16,17). The van der Waals surface area contributed by atoms with Gasteiger partial charge in [0, 0.05) is 12.7 Å². The summed E-state index contributed by atoms with van der Waals surface area (Å²) in [5, 5.41) is 6.67. The lowest BCUT2D eigenvalue weighted by Gasteiger charge is -2.16. The van der Waals surface area contributed by atoms with E-state index in [4.69, 9.17) is 5.73 Å². The minimum atomic E-state index is -0.217. The summed E-state index contributed by atoms with van der Waals surface area (Å²) in [6, 6.07) is 7.87. The maximum atomic E-state index is 12.3. The van der Waals surface area contributed by atoms with Gasteiger partial charge in [0.05, 0.1) is 11.4 Å². The maximum Gasteiger partial charge on any atom is 0.280 e. The number of benzene rings is 1. The predicted octanol–water partition coefficient (Wildman–Crippen LogP) is 2.14. The molecule has 5 nitrogen and oxygen atoms in total. The second-order valence-electron chi connectivity index (χ2n) is 4.50. The van der Waals surface area contributed by atoms with Gasteiger partial charge >= 0.3 is 0 Å². The van der Waals surface area contributed by atoms with Crippen molar-refractivity contribution in [1.82, 2.24) is 10.2 Å². The molecule has 0 saturated heterocycles. The van der Waals surface area contributed by atoms with Crippen LogP contribution in [0.4, 0.5) is 11.4 Å². The molecule has 0 fully saturated rings. The minimum Gasteiger partial charge on any atom is -0.395 e. The number of amides is 1. The number of carbonyl (C=O) groups is 1. The Labute approximate surface area is 112 Å². The van der Waals surface area contributed by atoms with Crippen LogP contribution in [0.1, 0.15) is 28.7 Å². The summed E-state index contributed by atoms with van der Waals surface area (Å²) in [6.45, 7) is 3.88. The lowest BCUT2D eigenvalue weighted by Crippen LogP contribution is -2.27. The minimum absolute atomic E-state index is 0.217. The molecule has 1 aromatic heterocycles. The molecule has 1 amide bonds. The molecule has 19 heavy (non-hydrogen) atoms. The fourth-order valence-corrected chi connectivity index (χ4v) is 1.83. The number of hydrogen-bond acceptors (Lipinski definition) is 3. The van der Waals surface area contributed by atoms with Crippen LogP contribution in [0, 0.1) is 6.92 Å². The molecule has 0 saturated carbocycles. The first kappa shape index (κ1) is 13.1. The van der Waals surface area contributed by atoms with Crippen LogP contribution in [0.15, 0.2) is 24.3 Å². The Morgan fingerprint density at radius 1 is 1.37 bits per heavy atom. The van der Waals surface area contributed by atoms with E-state index in [1.165, 1.54) is 5.56 Å². The summed E-state index contributed by atoms with van der Waals surface area (Å²) in [7, 11) is 1.72. The van der Waals surface area contributed by atoms with Crippen molar-refractivity contribution in [2.75, 3.05) is 17.7 Å². The van der Waals surface area contributed by atoms with Crippen molar-refractivity contribution in [3.8, 4) is 0 Å². The van der Waals surface area contributed by atoms with Gasteiger partial charge < -0.3 is 10.6 Å². The van der Waals surface area contributed by atoms with Crippen molar-refractivity contribution in [1.29, 1.82) is 0 Å². The van der Waals surface area contributed by atoms with Crippen LogP contribution in [-0.2, 0) is 6.42 Å². The number of aryl methyl sites for hydroxylation is 2. The highest BCUT2D eigenvalue weighted by atomic mass is 16.2. The van der Waals surface area contributed by atoms with Crippen LogP contribution in [0.3, 0.4) is 0 Å². The Balaban J connectivity index is 2.25. The van der Waals surface area contributed by atoms with Crippen molar-refractivity contribution in [3.63, 3.8) is 0 Å². The van der Waals surface area contributed by atoms with Gasteiger partial charge in [-0.15, -0.1) is 0 Å². The smallest absolute Gasteiger partial charge is 0.280 e. The number of anilines is 2. The van der Waals surface area contributed by atoms with Crippen molar-refractivity contribution in [2.45, 2.75) is 20.3 Å². The summed E-state index contributed by atoms with van der Waals surface area (Å²) >= 11 is 0. The van der Waals surface area contributed by atoms with Gasteiger partial charge in [0.1, 0.15) is 0 Å². The van der Waals surface area contributed by atoms with Crippen molar-refractivity contribution >= 4 is 17.3 Å². The molecule has 0 unspecified atom stereocenters. The molecule has 0 aliphatic heterocycles. The highest BCUT2D eigenvalue weighted by Gasteiger charge is 2.20. The third-order valence-corrected chi connectivity index (χ3v) is 3.23. The first-order chi connectivity index (χ1) is 9.04. The highest BCUT2D eigenvalue weighted by Crippen LogP contribution is 2.19. The highest BCUT2D eigenvalue weighted by molar-refractivity contribution is 6.07. The van der Waals surface area contributed by atoms with Gasteiger partial charge in [-0.25, -0.2) is 0 Å². The van der Waals surface area contributed by atoms with Gasteiger partial charge in [-0.3, -0.25) is 9.89 Å². The average Bonchev–Trinajstić information content (AvgIpc) is 2.77. The Hall–Kier alpha value is -2.30. The Morgan fingerprint density at radius 2 is 2.00 bits per heavy atom. The zero-order chi connectivity index (χ0) is 14.0. The van der Waals surface area contributed by atoms with E-state index in [9.17, 15) is 4.79 Å². The molecular weight excluding hydrogens is 240 g/mol. The largest absolute Gasteiger partial charge is 0.395 e. The fourth-order valence-electron chi connectivity index (χ4n) is 1.83. The number of aromatic nitrogens is 2. The number of nitrogens with one attached hydrogen (secondary N) is 1. The molecular formula is C14H18N4O. The quantitative estimate of drug-likeness (QED) is 0.885. The van der Waals surface area contributed by atoms with Gasteiger partial charge in [0.25, 0.3) is 5.91 Å². The first-order valence-electron chi connectivity index (χ1n) is 6.22. The topological polar surface area (TPSA) is 75.0 Å². The number of hydrogen-bond donors (Lipinski definition) is 2. The second kappa shape index (κ2) is 5.14. The molecule has 2 aromatic rings. The van der Waals surface area contributed by atoms with E-state index < -0.39 is 0 Å². The van der Waals surface area contributed by atoms with Crippen LogP contribution >= 0.6 is 0 Å². The third-order valence-electron chi connectivity index (χ3n) is 3.23. The van der Waals surface area contributed by atoms with Crippen LogP contribution in [0.5, 0.6) is 0 Å². The van der Waals surface area contributed by atoms with E-state index in [-0.39, 0.29) is 11.6 Å². The third kappa shape index (κ3) is 2.45. The summed E-state index contributed by atoms with van der Waals surface area (Å²) in [6.07, 6.45) is 0.976. The van der Waals surface area contributed by atoms with E-state index in [2.05, 4.69) is 17.1 Å². The van der Waals surface area contributed by atoms with Crippen LogP contribution < -0.4 is 10.6 Å². The number of nitrogens with two attached hydrogens (primary N) is 1. The Bertz CT molecular complexity index is 586. The molecule has 5 heteroatoms. The van der Waals surface area contributed by atoms with Gasteiger partial charge in [0.15, 0.2) is 5.69 Å². The number of H-pyrrole nitrogens is 1. The molecule has 0 bridgehead atoms. The van der Waals surface area contributed by atoms with Crippen LogP contribution in [0.25, 0.3) is 0 Å². The summed E-state index contributed by atoms with van der Waals surface area (Å²) in [5.41, 5.74) is 9.26. The molecule has 0 atom stereocenters. The van der Waals surface area contributed by atoms with Gasteiger partial charge in [-0.2, -0.15) is 5.10 Å². The molecule has 2 rings (SSSR count). The Kier molecular flexibility index (Phi) is 3.55. The van der Waals surface area contributed by atoms with Crippen molar-refractivity contribution in [2.24, 2.45) is 0 Å². The first-order valence-corrected chi connectivity index (χ1v) is 6.22. The number of aromatic amines is 1. The molecule has 1 aromatic carbocycles. The summed E-state index contributed by atoms with van der Waals surface area (Å²) < 4.78 is 0. The monoisotopic (exact) mass is 258 g/mol. The average molecular weight is 258 g/mol. The number of nitrogens with zero attached hydrogens (tertiary/aromatic N) is 2. The second-order valence-corrected chi connectivity index (χ2v) is 4.50. The SMILES string of the molecule is CCc1ccc(N(C)C(=O)c2n[nH]c(C)c2N)cc1. The zero-order valence-corrected chi connectivity index (χ0v) is 11.4. The maximum absolute atomic E-state index is 12.3. The van der Waals surface area contributed by atoms with E-state index in [1.807, 2.05) is 24.3 Å². The number of rotatable bonds is 3. The van der Waals surface area contributed by atoms with E-state index in [1.54, 1.807) is 18.9 Å². The van der Waals surface area contributed by atoms with E-state index in [0.29, 0.717) is 11.4 Å². The lowest BCUT2D eigenvalue weighted by molar-refractivity contribution is 0.0989. The molecule has 0 aliphatic rings. The van der Waals surface area contributed by atoms with Gasteiger partial charge in [0.2, 0.25) is 0 Å². The molecule has 0 spiro atoms. The number of carbonyl (C=O) groups excluding carboxylic acids is 1. The molecule has 1 heterocycles. The zero-order valence-electron chi connectivity index (χ0n) is 11.4. The molecule has 0 aliphatic carbocycles. The van der Waals surface area contributed by atoms with Gasteiger partial charge in [-0.1, -0.05) is 19.1 Å². The van der Waals surface area contributed by atoms with E-state index >= 15 is 0 Å². The van der Waals surface area contributed by atoms with Crippen molar-refractivity contribution < 1.29 is 4.79 Å². The predicted molar refractivity (Wildman–Crippen MR) is 76.3 cm³/mol. The molecule has 100 valence electrons. The van der Waals surface area contributed by atoms with Crippen LogP contribution in [0.2, 0.25) is 0 Å². The summed E-state index contributed by atoms with van der Waals surface area (Å²) in [4.78, 5) is 13.8. The number of nitrogen functional groups attached to an aromatic ring is 1. The van der Waals surface area contributed by atoms with Crippen LogP contribution in [-0.4, -0.2) is 23.2 Å². The van der Waals surface area contributed by atoms with E-state index in [0.717, 1.165) is 12.1 Å². The Morgan fingerprint density at radius 3 is 2.47 bits per heavy atom. The normalized spacial score (nSPS) is 10.5. The summed E-state index contributed by atoms with van der Waals surface area (Å²) in [5.74, 6) is -0.217. The van der Waals surface area contributed by atoms with Gasteiger partial charge in [-0.05, 0) is 31.0 Å². The molecule has 3 N–H and O–H groups in total. The lowest BCUT2D eigenvalue weighted by atomic mass is 10.1. The fraction of sp³-hybridized carbons (Fsp3) is 0.286. The molecule has 0 radical (unpaired) electrons.